The second kappa shape index (κ2) is 10.2. The highest BCUT2D eigenvalue weighted by atomic mass is 19.1. The molecule has 3 rings (SSSR count). The van der Waals surface area contributed by atoms with Crippen LogP contribution in [0.2, 0.25) is 0 Å². The Morgan fingerprint density at radius 1 is 1.16 bits per heavy atom. The minimum absolute atomic E-state index is 0.192. The first-order valence-electron chi connectivity index (χ1n) is 9.87. The summed E-state index contributed by atoms with van der Waals surface area (Å²) in [6.07, 6.45) is 6.12. The Morgan fingerprint density at radius 2 is 1.94 bits per heavy atom. The van der Waals surface area contributed by atoms with Gasteiger partial charge in [-0.15, -0.1) is 0 Å². The summed E-state index contributed by atoms with van der Waals surface area (Å²) in [5.74, 6) is 0.122. The number of nitrogens with zero attached hydrogens (tertiary/aromatic N) is 1. The SMILES string of the molecule is COc1cc(-c2ccc(F)cc2)nc2cc(C(=O)NCCCC(/C=C\N)=C/N)ccc12. The molecule has 0 saturated carbocycles. The minimum atomic E-state index is -0.316. The maximum absolute atomic E-state index is 13.3. The molecule has 0 saturated heterocycles. The van der Waals surface area contributed by atoms with Crippen molar-refractivity contribution < 1.29 is 13.9 Å². The average molecular weight is 420 g/mol. The Hall–Kier alpha value is -3.87. The van der Waals surface area contributed by atoms with E-state index in [1.165, 1.54) is 24.5 Å². The van der Waals surface area contributed by atoms with Crippen molar-refractivity contribution in [3.63, 3.8) is 0 Å². The fourth-order valence-electron chi connectivity index (χ4n) is 3.22. The first-order chi connectivity index (χ1) is 15.0. The van der Waals surface area contributed by atoms with Crippen LogP contribution in [-0.4, -0.2) is 24.5 Å². The molecule has 31 heavy (non-hydrogen) atoms. The molecule has 7 heteroatoms. The third-order valence-corrected chi connectivity index (χ3v) is 4.85. The van der Waals surface area contributed by atoms with Crippen molar-refractivity contribution >= 4 is 16.8 Å². The lowest BCUT2D eigenvalue weighted by Crippen LogP contribution is -2.24. The molecule has 0 fully saturated rings. The summed E-state index contributed by atoms with van der Waals surface area (Å²) in [5, 5.41) is 3.69. The zero-order chi connectivity index (χ0) is 22.2. The lowest BCUT2D eigenvalue weighted by atomic mass is 10.1. The van der Waals surface area contributed by atoms with Crippen LogP contribution < -0.4 is 21.5 Å². The lowest BCUT2D eigenvalue weighted by molar-refractivity contribution is 0.0953. The van der Waals surface area contributed by atoms with Crippen LogP contribution in [0.4, 0.5) is 4.39 Å². The van der Waals surface area contributed by atoms with Crippen molar-refractivity contribution in [2.45, 2.75) is 12.8 Å². The molecule has 0 spiro atoms. The standard InChI is InChI=1S/C24H25FN4O2/c1-31-23-14-21(17-4-7-19(25)8-5-17)29-22-13-18(6-9-20(22)23)24(30)28-12-2-3-16(15-27)10-11-26/h4-11,13-15H,2-3,12,26-27H2,1H3,(H,28,30)/b11-10-,16-15-. The fourth-order valence-corrected chi connectivity index (χ4v) is 3.22. The molecule has 0 radical (unpaired) electrons. The van der Waals surface area contributed by atoms with Crippen molar-refractivity contribution in [2.75, 3.05) is 13.7 Å². The van der Waals surface area contributed by atoms with Crippen LogP contribution in [0, 0.1) is 5.82 Å². The number of halogens is 1. The number of carbonyl (C=O) groups is 1. The number of benzene rings is 2. The van der Waals surface area contributed by atoms with E-state index in [0.29, 0.717) is 35.5 Å². The number of rotatable bonds is 8. The van der Waals surface area contributed by atoms with Gasteiger partial charge in [-0.05, 0) is 79.4 Å². The average Bonchev–Trinajstić information content (AvgIpc) is 2.80. The number of pyridine rings is 1. The lowest BCUT2D eigenvalue weighted by Gasteiger charge is -2.11. The topological polar surface area (TPSA) is 103 Å². The van der Waals surface area contributed by atoms with Crippen LogP contribution in [-0.2, 0) is 0 Å². The molecule has 5 N–H and O–H groups in total. The second-order valence-electron chi connectivity index (χ2n) is 6.91. The van der Waals surface area contributed by atoms with E-state index in [4.69, 9.17) is 16.2 Å². The van der Waals surface area contributed by atoms with Gasteiger partial charge in [-0.3, -0.25) is 4.79 Å². The number of amides is 1. The number of allylic oxidation sites excluding steroid dienone is 2. The Bertz CT molecular complexity index is 1120. The normalized spacial score (nSPS) is 11.7. The molecule has 0 aliphatic heterocycles. The first kappa shape index (κ1) is 21.8. The summed E-state index contributed by atoms with van der Waals surface area (Å²) in [6.45, 7) is 0.499. The number of nitrogens with one attached hydrogen (secondary N) is 1. The van der Waals surface area contributed by atoms with E-state index < -0.39 is 0 Å². The summed E-state index contributed by atoms with van der Waals surface area (Å²) in [5.41, 5.74) is 14.3. The van der Waals surface area contributed by atoms with Gasteiger partial charge in [0.2, 0.25) is 0 Å². The van der Waals surface area contributed by atoms with Crippen LogP contribution >= 0.6 is 0 Å². The third-order valence-electron chi connectivity index (χ3n) is 4.85. The summed E-state index contributed by atoms with van der Waals surface area (Å²) in [7, 11) is 1.58. The van der Waals surface area contributed by atoms with Gasteiger partial charge < -0.3 is 21.5 Å². The molecule has 160 valence electrons. The van der Waals surface area contributed by atoms with E-state index in [2.05, 4.69) is 10.3 Å². The minimum Gasteiger partial charge on any atom is -0.496 e. The predicted octanol–water partition coefficient (Wildman–Crippen LogP) is 3.87. The van der Waals surface area contributed by atoms with Crippen LogP contribution in [0.1, 0.15) is 23.2 Å². The Balaban J connectivity index is 1.79. The van der Waals surface area contributed by atoms with E-state index in [1.807, 2.05) is 6.07 Å². The van der Waals surface area contributed by atoms with Crippen molar-refractivity contribution in [3.8, 4) is 17.0 Å². The van der Waals surface area contributed by atoms with E-state index >= 15 is 0 Å². The van der Waals surface area contributed by atoms with E-state index in [-0.39, 0.29) is 11.7 Å². The van der Waals surface area contributed by atoms with Gasteiger partial charge >= 0.3 is 0 Å². The molecular formula is C24H25FN4O2. The molecule has 6 nitrogen and oxygen atoms in total. The maximum Gasteiger partial charge on any atom is 0.251 e. The fraction of sp³-hybridized carbons (Fsp3) is 0.167. The summed E-state index contributed by atoms with van der Waals surface area (Å²) >= 11 is 0. The Morgan fingerprint density at radius 3 is 2.61 bits per heavy atom. The van der Waals surface area contributed by atoms with E-state index in [0.717, 1.165) is 22.9 Å². The van der Waals surface area contributed by atoms with Crippen molar-refractivity contribution in [1.29, 1.82) is 0 Å². The second-order valence-corrected chi connectivity index (χ2v) is 6.91. The molecule has 1 aromatic heterocycles. The van der Waals surface area contributed by atoms with Crippen LogP contribution in [0.15, 0.2) is 72.6 Å². The number of hydrogen-bond acceptors (Lipinski definition) is 5. The van der Waals surface area contributed by atoms with E-state index in [1.54, 1.807) is 43.5 Å². The number of aromatic nitrogens is 1. The van der Waals surface area contributed by atoms with Gasteiger partial charge in [-0.25, -0.2) is 9.37 Å². The van der Waals surface area contributed by atoms with E-state index in [9.17, 15) is 9.18 Å². The molecule has 1 heterocycles. The smallest absolute Gasteiger partial charge is 0.251 e. The van der Waals surface area contributed by atoms with Gasteiger partial charge in [0.1, 0.15) is 11.6 Å². The first-order valence-corrected chi connectivity index (χ1v) is 9.87. The predicted molar refractivity (Wildman–Crippen MR) is 121 cm³/mol. The van der Waals surface area contributed by atoms with Gasteiger partial charge in [-0.2, -0.15) is 0 Å². The summed E-state index contributed by atoms with van der Waals surface area (Å²) < 4.78 is 18.8. The molecular weight excluding hydrogens is 395 g/mol. The molecule has 0 atom stereocenters. The van der Waals surface area contributed by atoms with Crippen molar-refractivity contribution in [1.82, 2.24) is 10.3 Å². The molecule has 0 unspecified atom stereocenters. The molecule has 0 bridgehead atoms. The number of nitrogens with two attached hydrogens (primary N) is 2. The third kappa shape index (κ3) is 5.39. The summed E-state index contributed by atoms with van der Waals surface area (Å²) in [6, 6.07) is 13.1. The van der Waals surface area contributed by atoms with Gasteiger partial charge in [0.15, 0.2) is 0 Å². The Kier molecular flexibility index (Phi) is 7.22. The number of fused-ring (bicyclic) bond motifs is 1. The van der Waals surface area contributed by atoms with Gasteiger partial charge in [0, 0.05) is 29.1 Å². The van der Waals surface area contributed by atoms with Gasteiger partial charge in [0.25, 0.3) is 5.91 Å². The van der Waals surface area contributed by atoms with Crippen LogP contribution in [0.25, 0.3) is 22.2 Å². The number of hydrogen-bond donors (Lipinski definition) is 3. The molecule has 2 aromatic carbocycles. The largest absolute Gasteiger partial charge is 0.496 e. The molecule has 0 aliphatic rings. The molecule has 1 amide bonds. The summed E-state index contributed by atoms with van der Waals surface area (Å²) in [4.78, 5) is 17.2. The van der Waals surface area contributed by atoms with Crippen molar-refractivity contribution in [3.05, 3.63) is 84.0 Å². The number of carbonyl (C=O) groups excluding carboxylic acids is 1. The Labute approximate surface area is 180 Å². The highest BCUT2D eigenvalue weighted by molar-refractivity contribution is 5.99. The van der Waals surface area contributed by atoms with Gasteiger partial charge in [0.05, 0.1) is 18.3 Å². The highest BCUT2D eigenvalue weighted by Crippen LogP contribution is 2.30. The maximum atomic E-state index is 13.3. The van der Waals surface area contributed by atoms with Crippen LogP contribution in [0.5, 0.6) is 5.75 Å². The zero-order valence-corrected chi connectivity index (χ0v) is 17.3. The van der Waals surface area contributed by atoms with Crippen LogP contribution in [0.3, 0.4) is 0 Å². The van der Waals surface area contributed by atoms with Crippen molar-refractivity contribution in [2.24, 2.45) is 11.5 Å². The molecule has 3 aromatic rings. The molecule has 0 aliphatic carbocycles. The van der Waals surface area contributed by atoms with Gasteiger partial charge in [-0.1, -0.05) is 0 Å². The number of methoxy groups -OCH3 is 1. The monoisotopic (exact) mass is 420 g/mol. The quantitative estimate of drug-likeness (QED) is 0.379. The number of ether oxygens (including phenoxy) is 1. The highest BCUT2D eigenvalue weighted by Gasteiger charge is 2.12. The zero-order valence-electron chi connectivity index (χ0n) is 17.3.